The third-order valence-electron chi connectivity index (χ3n) is 4.25. The third-order valence-corrected chi connectivity index (χ3v) is 4.25. The van der Waals surface area contributed by atoms with Gasteiger partial charge in [0, 0.05) is 17.6 Å². The van der Waals surface area contributed by atoms with Crippen molar-refractivity contribution in [1.29, 1.82) is 0 Å². The summed E-state index contributed by atoms with van der Waals surface area (Å²) in [5.74, 6) is 0.639. The van der Waals surface area contributed by atoms with Gasteiger partial charge in [0.05, 0.1) is 0 Å². The van der Waals surface area contributed by atoms with Crippen LogP contribution in [0.5, 0.6) is 0 Å². The van der Waals surface area contributed by atoms with Gasteiger partial charge in [-0.1, -0.05) is 18.2 Å². The summed E-state index contributed by atoms with van der Waals surface area (Å²) in [6.07, 6.45) is 4.33. The minimum absolute atomic E-state index is 0. The van der Waals surface area contributed by atoms with Crippen LogP contribution in [-0.4, -0.2) is 37.0 Å². The Morgan fingerprint density at radius 3 is 2.25 bits per heavy atom. The van der Waals surface area contributed by atoms with Gasteiger partial charge < -0.3 is 9.80 Å². The average molecular weight is 295 g/mol. The van der Waals surface area contributed by atoms with Gasteiger partial charge in [0.1, 0.15) is 0 Å². The van der Waals surface area contributed by atoms with Gasteiger partial charge in [-0.05, 0) is 58.0 Å². The fraction of sp³-hybridized carbons (Fsp3) is 0.562. The highest BCUT2D eigenvalue weighted by molar-refractivity contribution is 5.97. The molecule has 1 saturated heterocycles. The fourth-order valence-corrected chi connectivity index (χ4v) is 2.89. The van der Waals surface area contributed by atoms with E-state index < -0.39 is 0 Å². The zero-order valence-corrected chi connectivity index (χ0v) is 12.8. The quantitative estimate of drug-likeness (QED) is 0.856. The highest BCUT2D eigenvalue weighted by atomic mass is 35.5. The third kappa shape index (κ3) is 3.33. The van der Waals surface area contributed by atoms with Crippen LogP contribution in [-0.2, 0) is 4.79 Å². The first-order chi connectivity index (χ1) is 9.25. The number of likely N-dealkylation sites (tertiary alicyclic amines) is 1. The molecule has 0 N–H and O–H groups in total. The summed E-state index contributed by atoms with van der Waals surface area (Å²) < 4.78 is 0. The second-order valence-corrected chi connectivity index (χ2v) is 5.85. The van der Waals surface area contributed by atoms with Gasteiger partial charge in [-0.3, -0.25) is 4.79 Å². The van der Waals surface area contributed by atoms with Gasteiger partial charge in [0.15, 0.2) is 0 Å². The molecular weight excluding hydrogens is 272 g/mol. The molecule has 1 heterocycles. The van der Waals surface area contributed by atoms with E-state index in [2.05, 4.69) is 29.0 Å². The van der Waals surface area contributed by atoms with Gasteiger partial charge in [0.2, 0.25) is 5.91 Å². The molecule has 2 aliphatic rings. The number of halogens is 1. The van der Waals surface area contributed by atoms with Crippen LogP contribution in [0.4, 0.5) is 5.69 Å². The SMILES string of the molecule is CN1CCC(N(C(=O)C2CC2)c2ccccc2)CC1.Cl. The molecule has 3 nitrogen and oxygen atoms in total. The number of carbonyl (C=O) groups is 1. The van der Waals surface area contributed by atoms with E-state index in [0.717, 1.165) is 44.5 Å². The van der Waals surface area contributed by atoms with E-state index >= 15 is 0 Å². The molecule has 1 aliphatic carbocycles. The van der Waals surface area contributed by atoms with Crippen LogP contribution in [0, 0.1) is 5.92 Å². The Morgan fingerprint density at radius 1 is 1.10 bits per heavy atom. The summed E-state index contributed by atoms with van der Waals surface area (Å²) in [6, 6.07) is 10.6. The van der Waals surface area contributed by atoms with Crippen LogP contribution >= 0.6 is 12.4 Å². The number of amides is 1. The molecule has 3 rings (SSSR count). The van der Waals surface area contributed by atoms with E-state index in [-0.39, 0.29) is 12.4 Å². The highest BCUT2D eigenvalue weighted by Gasteiger charge is 2.37. The normalized spacial score (nSPS) is 20.2. The van der Waals surface area contributed by atoms with Gasteiger partial charge in [-0.25, -0.2) is 0 Å². The molecule has 0 aromatic heterocycles. The second-order valence-electron chi connectivity index (χ2n) is 5.85. The van der Waals surface area contributed by atoms with E-state index in [0.29, 0.717) is 17.9 Å². The number of carbonyl (C=O) groups excluding carboxylic acids is 1. The molecule has 1 amide bonds. The lowest BCUT2D eigenvalue weighted by molar-refractivity contribution is -0.120. The molecule has 1 aromatic carbocycles. The predicted molar refractivity (Wildman–Crippen MR) is 84.4 cm³/mol. The molecule has 0 atom stereocenters. The Balaban J connectivity index is 0.00000147. The van der Waals surface area contributed by atoms with Gasteiger partial charge >= 0.3 is 0 Å². The number of rotatable bonds is 3. The van der Waals surface area contributed by atoms with Crippen LogP contribution in [0.1, 0.15) is 25.7 Å². The number of para-hydroxylation sites is 1. The van der Waals surface area contributed by atoms with Crippen molar-refractivity contribution in [3.05, 3.63) is 30.3 Å². The van der Waals surface area contributed by atoms with Crippen molar-refractivity contribution >= 4 is 24.0 Å². The summed E-state index contributed by atoms with van der Waals surface area (Å²) in [5.41, 5.74) is 1.08. The van der Waals surface area contributed by atoms with Gasteiger partial charge in [0.25, 0.3) is 0 Å². The Hall–Kier alpha value is -1.06. The number of hydrogen-bond acceptors (Lipinski definition) is 2. The largest absolute Gasteiger partial charge is 0.309 e. The number of hydrogen-bond donors (Lipinski definition) is 0. The topological polar surface area (TPSA) is 23.6 Å². The minimum atomic E-state index is 0. The molecule has 1 saturated carbocycles. The molecule has 0 bridgehead atoms. The molecule has 0 radical (unpaired) electrons. The van der Waals surface area contributed by atoms with E-state index in [1.54, 1.807) is 0 Å². The van der Waals surface area contributed by atoms with Crippen LogP contribution < -0.4 is 4.90 Å². The van der Waals surface area contributed by atoms with Crippen LogP contribution in [0.25, 0.3) is 0 Å². The molecule has 20 heavy (non-hydrogen) atoms. The first kappa shape index (κ1) is 15.3. The molecule has 4 heteroatoms. The average Bonchev–Trinajstić information content (AvgIpc) is 3.27. The number of piperidine rings is 1. The lowest BCUT2D eigenvalue weighted by atomic mass is 10.0. The Labute approximate surface area is 127 Å². The predicted octanol–water partition coefficient (Wildman–Crippen LogP) is 2.95. The second kappa shape index (κ2) is 6.59. The zero-order chi connectivity index (χ0) is 13.2. The summed E-state index contributed by atoms with van der Waals surface area (Å²) in [7, 11) is 2.16. The Morgan fingerprint density at radius 2 is 1.70 bits per heavy atom. The van der Waals surface area contributed by atoms with Crippen molar-refractivity contribution in [1.82, 2.24) is 4.90 Å². The van der Waals surface area contributed by atoms with Crippen molar-refractivity contribution in [3.8, 4) is 0 Å². The van der Waals surface area contributed by atoms with E-state index in [9.17, 15) is 4.79 Å². The monoisotopic (exact) mass is 294 g/mol. The summed E-state index contributed by atoms with van der Waals surface area (Å²) in [4.78, 5) is 17.0. The van der Waals surface area contributed by atoms with E-state index in [4.69, 9.17) is 0 Å². The molecule has 110 valence electrons. The fourth-order valence-electron chi connectivity index (χ4n) is 2.89. The summed E-state index contributed by atoms with van der Waals surface area (Å²) in [5, 5.41) is 0. The number of benzene rings is 1. The van der Waals surface area contributed by atoms with Crippen molar-refractivity contribution in [2.45, 2.75) is 31.7 Å². The molecular formula is C16H23ClN2O. The summed E-state index contributed by atoms with van der Waals surface area (Å²) >= 11 is 0. The Kier molecular flexibility index (Phi) is 5.06. The van der Waals surface area contributed by atoms with E-state index in [1.807, 2.05) is 18.2 Å². The number of nitrogens with zero attached hydrogens (tertiary/aromatic N) is 2. The van der Waals surface area contributed by atoms with Crippen LogP contribution in [0.2, 0.25) is 0 Å². The van der Waals surface area contributed by atoms with E-state index in [1.165, 1.54) is 0 Å². The van der Waals surface area contributed by atoms with Gasteiger partial charge in [-0.2, -0.15) is 0 Å². The van der Waals surface area contributed by atoms with Crippen molar-refractivity contribution in [3.63, 3.8) is 0 Å². The maximum absolute atomic E-state index is 12.6. The molecule has 1 aliphatic heterocycles. The molecule has 0 spiro atoms. The molecule has 0 unspecified atom stereocenters. The van der Waals surface area contributed by atoms with Crippen LogP contribution in [0.3, 0.4) is 0 Å². The van der Waals surface area contributed by atoms with Crippen molar-refractivity contribution in [2.75, 3.05) is 25.0 Å². The van der Waals surface area contributed by atoms with Gasteiger partial charge in [-0.15, -0.1) is 12.4 Å². The number of anilines is 1. The highest BCUT2D eigenvalue weighted by Crippen LogP contribution is 2.35. The minimum Gasteiger partial charge on any atom is -0.309 e. The molecule has 2 fully saturated rings. The maximum atomic E-state index is 12.6. The summed E-state index contributed by atoms with van der Waals surface area (Å²) in [6.45, 7) is 2.18. The Bertz CT molecular complexity index is 439. The smallest absolute Gasteiger partial charge is 0.230 e. The van der Waals surface area contributed by atoms with Crippen molar-refractivity contribution < 1.29 is 4.79 Å². The first-order valence-electron chi connectivity index (χ1n) is 7.32. The van der Waals surface area contributed by atoms with Crippen LogP contribution in [0.15, 0.2) is 30.3 Å². The lowest BCUT2D eigenvalue weighted by Gasteiger charge is -2.37. The maximum Gasteiger partial charge on any atom is 0.230 e. The standard InChI is InChI=1S/C16H22N2O.ClH/c1-17-11-9-15(10-12-17)18(16(19)13-7-8-13)14-5-3-2-4-6-14;/h2-6,13,15H,7-12H2,1H3;1H. The first-order valence-corrected chi connectivity index (χ1v) is 7.32. The molecule has 1 aromatic rings. The lowest BCUT2D eigenvalue weighted by Crippen LogP contribution is -2.47. The van der Waals surface area contributed by atoms with Crippen molar-refractivity contribution in [2.24, 2.45) is 5.92 Å². The zero-order valence-electron chi connectivity index (χ0n) is 12.0.